The van der Waals surface area contributed by atoms with Crippen molar-refractivity contribution >= 4 is 23.5 Å². The van der Waals surface area contributed by atoms with Crippen LogP contribution in [0, 0.1) is 5.92 Å². The molecule has 0 aliphatic carbocycles. The second-order valence-electron chi connectivity index (χ2n) is 5.10. The number of carbonyl (C=O) groups excluding carboxylic acids is 1. The van der Waals surface area contributed by atoms with Crippen LogP contribution in [0.15, 0.2) is 18.2 Å². The maximum atomic E-state index is 12.4. The van der Waals surface area contributed by atoms with E-state index in [1.54, 1.807) is 0 Å². The highest BCUT2D eigenvalue weighted by Crippen LogP contribution is 2.30. The molecule has 5 nitrogen and oxygen atoms in total. The van der Waals surface area contributed by atoms with Crippen molar-refractivity contribution in [2.45, 2.75) is 19.2 Å². The lowest BCUT2D eigenvalue weighted by Crippen LogP contribution is -2.39. The highest BCUT2D eigenvalue weighted by molar-refractivity contribution is 6.34. The Kier molecular flexibility index (Phi) is 5.03. The number of rotatable bonds is 3. The number of ether oxygens (including phenoxy) is 1. The molecule has 0 atom stereocenters. The van der Waals surface area contributed by atoms with E-state index in [4.69, 9.17) is 16.7 Å². The lowest BCUT2D eigenvalue weighted by atomic mass is 9.89. The van der Waals surface area contributed by atoms with Gasteiger partial charge in [0.1, 0.15) is 5.75 Å². The van der Waals surface area contributed by atoms with Crippen LogP contribution in [-0.4, -0.2) is 41.3 Å². The van der Waals surface area contributed by atoms with Crippen molar-refractivity contribution in [1.29, 1.82) is 0 Å². The van der Waals surface area contributed by atoms with Gasteiger partial charge in [-0.2, -0.15) is 0 Å². The van der Waals surface area contributed by atoms with Gasteiger partial charge >= 0.3 is 12.5 Å². The summed E-state index contributed by atoms with van der Waals surface area (Å²) in [5.74, 6) is -1.41. The third kappa shape index (κ3) is 4.51. The van der Waals surface area contributed by atoms with E-state index in [-0.39, 0.29) is 23.7 Å². The topological polar surface area (TPSA) is 66.8 Å². The Labute approximate surface area is 134 Å². The zero-order valence-corrected chi connectivity index (χ0v) is 12.5. The zero-order valence-electron chi connectivity index (χ0n) is 11.8. The van der Waals surface area contributed by atoms with E-state index < -0.39 is 29.9 Å². The standard InChI is InChI=1S/C14H13ClF3NO4/c15-11-2-1-9(23-14(16,17)18)7-10(11)12(20)8-3-5-19(6-4-8)13(21)22/h1-2,7-8H,3-6H2,(H,21,22). The van der Waals surface area contributed by atoms with Crippen molar-refractivity contribution in [3.63, 3.8) is 0 Å². The fourth-order valence-electron chi connectivity index (χ4n) is 2.44. The van der Waals surface area contributed by atoms with Gasteiger partial charge in [-0.3, -0.25) is 4.79 Å². The minimum Gasteiger partial charge on any atom is -0.465 e. The largest absolute Gasteiger partial charge is 0.573 e. The lowest BCUT2D eigenvalue weighted by molar-refractivity contribution is -0.274. The molecule has 0 unspecified atom stereocenters. The van der Waals surface area contributed by atoms with Crippen LogP contribution >= 0.6 is 11.6 Å². The van der Waals surface area contributed by atoms with Crippen LogP contribution in [0.3, 0.4) is 0 Å². The smallest absolute Gasteiger partial charge is 0.465 e. The molecular weight excluding hydrogens is 339 g/mol. The Morgan fingerprint density at radius 3 is 2.39 bits per heavy atom. The van der Waals surface area contributed by atoms with E-state index in [9.17, 15) is 22.8 Å². The number of hydrogen-bond donors (Lipinski definition) is 1. The van der Waals surface area contributed by atoms with E-state index in [0.717, 1.165) is 12.1 Å². The summed E-state index contributed by atoms with van der Waals surface area (Å²) in [7, 11) is 0. The average molecular weight is 352 g/mol. The van der Waals surface area contributed by atoms with Crippen LogP contribution < -0.4 is 4.74 Å². The number of hydrogen-bond acceptors (Lipinski definition) is 3. The fraction of sp³-hybridized carbons (Fsp3) is 0.429. The molecule has 1 saturated heterocycles. The zero-order chi connectivity index (χ0) is 17.2. The molecule has 0 spiro atoms. The second-order valence-corrected chi connectivity index (χ2v) is 5.50. The van der Waals surface area contributed by atoms with Gasteiger partial charge in [0.2, 0.25) is 0 Å². The summed E-state index contributed by atoms with van der Waals surface area (Å²) >= 11 is 5.90. The number of benzene rings is 1. The highest BCUT2D eigenvalue weighted by Gasteiger charge is 2.33. The summed E-state index contributed by atoms with van der Waals surface area (Å²) in [6.45, 7) is 0.393. The number of carboxylic acid groups (broad SMARTS) is 1. The van der Waals surface area contributed by atoms with E-state index in [0.29, 0.717) is 12.8 Å². The Balaban J connectivity index is 2.13. The molecular formula is C14H13ClF3NO4. The first-order chi connectivity index (χ1) is 10.7. The van der Waals surface area contributed by atoms with Gasteiger partial charge in [0.05, 0.1) is 5.02 Å². The van der Waals surface area contributed by atoms with Gasteiger partial charge in [0, 0.05) is 24.6 Å². The van der Waals surface area contributed by atoms with Crippen LogP contribution in [0.25, 0.3) is 0 Å². The van der Waals surface area contributed by atoms with Gasteiger partial charge in [-0.25, -0.2) is 4.79 Å². The number of ketones is 1. The van der Waals surface area contributed by atoms with Crippen LogP contribution in [0.5, 0.6) is 5.75 Å². The maximum absolute atomic E-state index is 12.4. The van der Waals surface area contributed by atoms with Gasteiger partial charge in [-0.1, -0.05) is 11.6 Å². The molecule has 1 aliphatic heterocycles. The molecule has 1 fully saturated rings. The van der Waals surface area contributed by atoms with E-state index in [1.807, 2.05) is 0 Å². The number of piperidine rings is 1. The molecule has 1 aromatic rings. The van der Waals surface area contributed by atoms with Gasteiger partial charge in [-0.15, -0.1) is 13.2 Å². The Morgan fingerprint density at radius 1 is 1.26 bits per heavy atom. The molecule has 0 radical (unpaired) electrons. The van der Waals surface area contributed by atoms with Gasteiger partial charge in [0.15, 0.2) is 5.78 Å². The monoisotopic (exact) mass is 351 g/mol. The Hall–Kier alpha value is -1.96. The van der Waals surface area contributed by atoms with Crippen molar-refractivity contribution < 1.29 is 32.6 Å². The van der Waals surface area contributed by atoms with Gasteiger partial charge in [0.25, 0.3) is 0 Å². The van der Waals surface area contributed by atoms with Gasteiger partial charge < -0.3 is 14.7 Å². The first-order valence-electron chi connectivity index (χ1n) is 6.75. The predicted octanol–water partition coefficient (Wildman–Crippen LogP) is 3.81. The lowest BCUT2D eigenvalue weighted by Gasteiger charge is -2.29. The summed E-state index contributed by atoms with van der Waals surface area (Å²) in [6, 6.07) is 3.16. The molecule has 0 saturated carbocycles. The first kappa shape index (κ1) is 17.4. The summed E-state index contributed by atoms with van der Waals surface area (Å²) in [5, 5.41) is 8.90. The summed E-state index contributed by atoms with van der Waals surface area (Å²) in [4.78, 5) is 24.4. The van der Waals surface area contributed by atoms with Crippen LogP contribution in [0.4, 0.5) is 18.0 Å². The summed E-state index contributed by atoms with van der Waals surface area (Å²) < 4.78 is 40.5. The van der Waals surface area contributed by atoms with E-state index in [1.165, 1.54) is 11.0 Å². The van der Waals surface area contributed by atoms with Crippen molar-refractivity contribution in [2.75, 3.05) is 13.1 Å². The molecule has 126 valence electrons. The van der Waals surface area contributed by atoms with Crippen molar-refractivity contribution in [3.8, 4) is 5.75 Å². The van der Waals surface area contributed by atoms with Crippen LogP contribution in [0.1, 0.15) is 23.2 Å². The maximum Gasteiger partial charge on any atom is 0.573 e. The predicted molar refractivity (Wildman–Crippen MR) is 74.8 cm³/mol. The Bertz CT molecular complexity index is 613. The average Bonchev–Trinajstić information content (AvgIpc) is 2.47. The third-order valence-electron chi connectivity index (χ3n) is 3.57. The third-order valence-corrected chi connectivity index (χ3v) is 3.90. The Morgan fingerprint density at radius 2 is 1.87 bits per heavy atom. The highest BCUT2D eigenvalue weighted by atomic mass is 35.5. The van der Waals surface area contributed by atoms with Gasteiger partial charge in [-0.05, 0) is 31.0 Å². The van der Waals surface area contributed by atoms with E-state index >= 15 is 0 Å². The second kappa shape index (κ2) is 6.66. The molecule has 0 aromatic heterocycles. The summed E-state index contributed by atoms with van der Waals surface area (Å²) in [6.07, 6.45) is -5.33. The molecule has 1 aliphatic rings. The van der Waals surface area contributed by atoms with Crippen LogP contribution in [0.2, 0.25) is 5.02 Å². The van der Waals surface area contributed by atoms with Crippen molar-refractivity contribution in [2.24, 2.45) is 5.92 Å². The van der Waals surface area contributed by atoms with Crippen molar-refractivity contribution in [3.05, 3.63) is 28.8 Å². The number of halogens is 4. The molecule has 23 heavy (non-hydrogen) atoms. The minimum absolute atomic E-state index is 0.0326. The number of carbonyl (C=O) groups is 2. The van der Waals surface area contributed by atoms with Crippen LogP contribution in [-0.2, 0) is 0 Å². The number of amides is 1. The first-order valence-corrected chi connectivity index (χ1v) is 7.12. The molecule has 1 heterocycles. The molecule has 1 N–H and O–H groups in total. The number of alkyl halides is 3. The normalized spacial score (nSPS) is 16.3. The molecule has 1 aromatic carbocycles. The van der Waals surface area contributed by atoms with Crippen molar-refractivity contribution in [1.82, 2.24) is 4.90 Å². The number of nitrogens with zero attached hydrogens (tertiary/aromatic N) is 1. The number of Topliss-reactive ketones (excluding diaryl/α,β-unsaturated/α-hetero) is 1. The molecule has 9 heteroatoms. The molecule has 1 amide bonds. The molecule has 2 rings (SSSR count). The quantitative estimate of drug-likeness (QED) is 0.841. The van der Waals surface area contributed by atoms with E-state index in [2.05, 4.69) is 4.74 Å². The SMILES string of the molecule is O=C(c1cc(OC(F)(F)F)ccc1Cl)C1CCN(C(=O)O)CC1. The fourth-order valence-corrected chi connectivity index (χ4v) is 2.65. The minimum atomic E-state index is -4.86. The number of likely N-dealkylation sites (tertiary alicyclic amines) is 1. The summed E-state index contributed by atoms with van der Waals surface area (Å²) in [5.41, 5.74) is -0.0535. The molecule has 0 bridgehead atoms.